The van der Waals surface area contributed by atoms with Gasteiger partial charge in [0, 0.05) is 31.6 Å². The van der Waals surface area contributed by atoms with Gasteiger partial charge in [-0.1, -0.05) is 6.07 Å². The van der Waals surface area contributed by atoms with Crippen molar-refractivity contribution in [2.75, 3.05) is 31.2 Å². The van der Waals surface area contributed by atoms with Crippen molar-refractivity contribution in [3.63, 3.8) is 0 Å². The monoisotopic (exact) mass is 465 g/mol. The van der Waals surface area contributed by atoms with Crippen molar-refractivity contribution < 1.29 is 32.4 Å². The van der Waals surface area contributed by atoms with Gasteiger partial charge in [-0.05, 0) is 42.7 Å². The van der Waals surface area contributed by atoms with Crippen LogP contribution in [-0.4, -0.2) is 37.1 Å². The van der Waals surface area contributed by atoms with E-state index in [1.807, 2.05) is 12.1 Å². The van der Waals surface area contributed by atoms with Gasteiger partial charge in [0.2, 0.25) is 5.91 Å². The minimum absolute atomic E-state index is 0.128. The SMILES string of the molecule is O=C(NCc1ccc2c(c1)OCCO2)C1CCN(c2ccc(C(F)(F)F)cc2[N+](=O)[O-])CC1. The lowest BCUT2D eigenvalue weighted by atomic mass is 9.95. The maximum absolute atomic E-state index is 12.9. The molecule has 2 aliphatic heterocycles. The molecule has 0 atom stereocenters. The molecule has 2 aromatic rings. The van der Waals surface area contributed by atoms with E-state index in [1.165, 1.54) is 0 Å². The molecule has 0 bridgehead atoms. The van der Waals surface area contributed by atoms with Crippen LogP contribution in [0.15, 0.2) is 36.4 Å². The molecule has 0 spiro atoms. The first-order valence-corrected chi connectivity index (χ1v) is 10.5. The summed E-state index contributed by atoms with van der Waals surface area (Å²) in [5, 5.41) is 14.3. The first-order chi connectivity index (χ1) is 15.7. The molecule has 0 aromatic heterocycles. The predicted molar refractivity (Wildman–Crippen MR) is 112 cm³/mol. The van der Waals surface area contributed by atoms with Crippen molar-refractivity contribution in [2.24, 2.45) is 5.92 Å². The maximum atomic E-state index is 12.9. The van der Waals surface area contributed by atoms with E-state index in [4.69, 9.17) is 9.47 Å². The molecule has 0 unspecified atom stereocenters. The molecule has 0 saturated carbocycles. The number of carbonyl (C=O) groups excluding carboxylic acids is 1. The minimum Gasteiger partial charge on any atom is -0.486 e. The molecule has 1 amide bonds. The number of fused-ring (bicyclic) bond motifs is 1. The molecular formula is C22H22F3N3O5. The van der Waals surface area contributed by atoms with E-state index in [2.05, 4.69) is 5.32 Å². The number of rotatable bonds is 5. The Balaban J connectivity index is 1.35. The number of piperidine rings is 1. The molecule has 1 fully saturated rings. The lowest BCUT2D eigenvalue weighted by Crippen LogP contribution is -2.40. The minimum atomic E-state index is -4.66. The second-order valence-electron chi connectivity index (χ2n) is 7.92. The van der Waals surface area contributed by atoms with E-state index < -0.39 is 22.4 Å². The van der Waals surface area contributed by atoms with Crippen LogP contribution in [0.5, 0.6) is 11.5 Å². The van der Waals surface area contributed by atoms with Crippen LogP contribution < -0.4 is 19.7 Å². The quantitative estimate of drug-likeness (QED) is 0.532. The summed E-state index contributed by atoms with van der Waals surface area (Å²) in [6, 6.07) is 7.99. The average Bonchev–Trinajstić information content (AvgIpc) is 2.81. The Morgan fingerprint density at radius 2 is 1.79 bits per heavy atom. The van der Waals surface area contributed by atoms with Crippen LogP contribution in [-0.2, 0) is 17.5 Å². The smallest absolute Gasteiger partial charge is 0.416 e. The number of nitrogens with zero attached hydrogens (tertiary/aromatic N) is 2. The van der Waals surface area contributed by atoms with Crippen LogP contribution >= 0.6 is 0 Å². The van der Waals surface area contributed by atoms with Crippen LogP contribution in [0.25, 0.3) is 0 Å². The number of carbonyl (C=O) groups is 1. The molecule has 0 radical (unpaired) electrons. The molecule has 2 aromatic carbocycles. The van der Waals surface area contributed by atoms with Crippen molar-refractivity contribution in [3.8, 4) is 11.5 Å². The highest BCUT2D eigenvalue weighted by Gasteiger charge is 2.35. The van der Waals surface area contributed by atoms with Crippen molar-refractivity contribution >= 4 is 17.3 Å². The number of halogens is 3. The van der Waals surface area contributed by atoms with Gasteiger partial charge in [-0.2, -0.15) is 13.2 Å². The summed E-state index contributed by atoms with van der Waals surface area (Å²) in [7, 11) is 0. The second kappa shape index (κ2) is 9.16. The van der Waals surface area contributed by atoms with Gasteiger partial charge < -0.3 is 19.7 Å². The number of benzene rings is 2. The second-order valence-corrected chi connectivity index (χ2v) is 7.92. The van der Waals surface area contributed by atoms with Crippen molar-refractivity contribution in [1.82, 2.24) is 5.32 Å². The van der Waals surface area contributed by atoms with Crippen molar-refractivity contribution in [2.45, 2.75) is 25.6 Å². The van der Waals surface area contributed by atoms with Crippen LogP contribution in [0.1, 0.15) is 24.0 Å². The lowest BCUT2D eigenvalue weighted by molar-refractivity contribution is -0.384. The van der Waals surface area contributed by atoms with Crippen LogP contribution in [0.2, 0.25) is 0 Å². The summed E-state index contributed by atoms with van der Waals surface area (Å²) in [6.07, 6.45) is -3.79. The van der Waals surface area contributed by atoms with Gasteiger partial charge in [0.15, 0.2) is 11.5 Å². The van der Waals surface area contributed by atoms with Crippen LogP contribution in [0, 0.1) is 16.0 Å². The molecule has 1 N–H and O–H groups in total. The summed E-state index contributed by atoms with van der Waals surface area (Å²) in [5.74, 6) is 0.888. The van der Waals surface area contributed by atoms with Gasteiger partial charge in [0.25, 0.3) is 5.69 Å². The maximum Gasteiger partial charge on any atom is 0.416 e. The van der Waals surface area contributed by atoms with Crippen molar-refractivity contribution in [1.29, 1.82) is 0 Å². The number of amides is 1. The van der Waals surface area contributed by atoms with Gasteiger partial charge in [-0.25, -0.2) is 0 Å². The first-order valence-electron chi connectivity index (χ1n) is 10.5. The molecule has 0 aliphatic carbocycles. The molecule has 2 heterocycles. The molecule has 2 aliphatic rings. The Morgan fingerprint density at radius 1 is 1.09 bits per heavy atom. The van der Waals surface area contributed by atoms with Gasteiger partial charge in [-0.15, -0.1) is 0 Å². The number of hydrogen-bond donors (Lipinski definition) is 1. The number of nitrogens with one attached hydrogen (secondary N) is 1. The highest BCUT2D eigenvalue weighted by molar-refractivity contribution is 5.79. The Labute approximate surface area is 187 Å². The largest absolute Gasteiger partial charge is 0.486 e. The number of nitro benzene ring substituents is 1. The fourth-order valence-corrected chi connectivity index (χ4v) is 4.03. The van der Waals surface area contributed by atoms with E-state index in [-0.39, 0.29) is 17.5 Å². The van der Waals surface area contributed by atoms with Gasteiger partial charge in [-0.3, -0.25) is 14.9 Å². The van der Waals surface area contributed by atoms with E-state index in [0.29, 0.717) is 63.3 Å². The molecule has 4 rings (SSSR count). The third-order valence-corrected chi connectivity index (χ3v) is 5.78. The highest BCUT2D eigenvalue weighted by Crippen LogP contribution is 2.38. The third-order valence-electron chi connectivity index (χ3n) is 5.78. The summed E-state index contributed by atoms with van der Waals surface area (Å²) in [6.45, 7) is 1.94. The predicted octanol–water partition coefficient (Wildman–Crippen LogP) is 3.92. The molecule has 11 heteroatoms. The third kappa shape index (κ3) is 5.12. The zero-order chi connectivity index (χ0) is 23.6. The molecule has 176 valence electrons. The normalized spacial score (nSPS) is 16.4. The van der Waals surface area contributed by atoms with Gasteiger partial charge in [0.1, 0.15) is 18.9 Å². The Bertz CT molecular complexity index is 1050. The van der Waals surface area contributed by atoms with E-state index in [9.17, 15) is 28.1 Å². The standard InChI is InChI=1S/C22H22F3N3O5/c23-22(24,25)16-2-3-17(18(12-16)28(30)31)27-7-5-15(6-8-27)21(29)26-13-14-1-4-19-20(11-14)33-10-9-32-19/h1-4,11-12,15H,5-10,13H2,(H,26,29). The van der Waals surface area contributed by atoms with Crippen molar-refractivity contribution in [3.05, 3.63) is 57.6 Å². The Morgan fingerprint density at radius 3 is 2.45 bits per heavy atom. The van der Waals surface area contributed by atoms with Crippen LogP contribution in [0.3, 0.4) is 0 Å². The number of anilines is 1. The number of nitro groups is 1. The molecule has 8 nitrogen and oxygen atoms in total. The Kier molecular flexibility index (Phi) is 6.30. The Hall–Kier alpha value is -3.50. The number of ether oxygens (including phenoxy) is 2. The van der Waals surface area contributed by atoms with E-state index in [1.54, 1.807) is 11.0 Å². The van der Waals surface area contributed by atoms with E-state index >= 15 is 0 Å². The highest BCUT2D eigenvalue weighted by atomic mass is 19.4. The lowest BCUT2D eigenvalue weighted by Gasteiger charge is -2.32. The average molecular weight is 465 g/mol. The molecular weight excluding hydrogens is 443 g/mol. The topological polar surface area (TPSA) is 93.9 Å². The fourth-order valence-electron chi connectivity index (χ4n) is 4.03. The first kappa shape index (κ1) is 22.7. The van der Waals surface area contributed by atoms with Crippen LogP contribution in [0.4, 0.5) is 24.5 Å². The summed E-state index contributed by atoms with van der Waals surface area (Å²) >= 11 is 0. The van der Waals surface area contributed by atoms with Gasteiger partial charge >= 0.3 is 6.18 Å². The van der Waals surface area contributed by atoms with E-state index in [0.717, 1.165) is 17.7 Å². The zero-order valence-corrected chi connectivity index (χ0v) is 17.6. The summed E-state index contributed by atoms with van der Waals surface area (Å²) in [5.41, 5.74) is -0.661. The fraction of sp³-hybridized carbons (Fsp3) is 0.409. The molecule has 33 heavy (non-hydrogen) atoms. The molecule has 1 saturated heterocycles. The summed E-state index contributed by atoms with van der Waals surface area (Å²) < 4.78 is 49.8. The zero-order valence-electron chi connectivity index (χ0n) is 17.6. The summed E-state index contributed by atoms with van der Waals surface area (Å²) in [4.78, 5) is 24.8. The number of hydrogen-bond acceptors (Lipinski definition) is 6. The number of alkyl halides is 3. The van der Waals surface area contributed by atoms with Gasteiger partial charge in [0.05, 0.1) is 10.5 Å².